The Kier molecular flexibility index (Phi) is 10.4. The molecule has 12 nitrogen and oxygen atoms in total. The number of rotatable bonds is 7. The molecular weight excluding hydrogens is 675 g/mol. The number of aromatic nitrogens is 5. The Morgan fingerprint density at radius 1 is 0.980 bits per heavy atom. The van der Waals surface area contributed by atoms with Crippen molar-refractivity contribution in [2.75, 3.05) is 29.3 Å². The van der Waals surface area contributed by atoms with Crippen molar-refractivity contribution in [1.29, 1.82) is 0 Å². The molecule has 2 N–H and O–H groups in total. The van der Waals surface area contributed by atoms with Crippen LogP contribution in [-0.2, 0) is 21.2 Å². The molecule has 4 aromatic rings. The van der Waals surface area contributed by atoms with Gasteiger partial charge in [0.25, 0.3) is 10.0 Å². The average molecular weight is 716 g/mol. The summed E-state index contributed by atoms with van der Waals surface area (Å²) in [6.07, 6.45) is 2.37. The lowest BCUT2D eigenvalue weighted by Crippen LogP contribution is -2.40. The summed E-state index contributed by atoms with van der Waals surface area (Å²) in [5.41, 5.74) is -0.895. The van der Waals surface area contributed by atoms with Crippen LogP contribution in [0, 0.1) is 10.8 Å². The summed E-state index contributed by atoms with van der Waals surface area (Å²) < 4.78 is 76.8. The molecule has 0 fully saturated rings. The molecule has 0 spiro atoms. The number of hydrogen-bond donors (Lipinski definition) is 2. The second-order valence-corrected chi connectivity index (χ2v) is 15.2. The number of ether oxygens (including phenoxy) is 1. The monoisotopic (exact) mass is 715 g/mol. The van der Waals surface area contributed by atoms with Gasteiger partial charge in [0.15, 0.2) is 5.03 Å². The molecule has 4 heterocycles. The molecule has 50 heavy (non-hydrogen) atoms. The highest BCUT2D eigenvalue weighted by Gasteiger charge is 2.48. The fraction of sp³-hybridized carbons (Fsp3) is 0.441. The first-order chi connectivity index (χ1) is 23.5. The summed E-state index contributed by atoms with van der Waals surface area (Å²) >= 11 is 0. The Labute approximate surface area is 288 Å². The molecule has 1 aliphatic rings. The van der Waals surface area contributed by atoms with Crippen LogP contribution >= 0.6 is 0 Å². The van der Waals surface area contributed by atoms with E-state index in [1.165, 1.54) is 29.2 Å². The Morgan fingerprint density at radius 2 is 1.72 bits per heavy atom. The first-order valence-corrected chi connectivity index (χ1v) is 17.6. The van der Waals surface area contributed by atoms with E-state index in [0.29, 0.717) is 35.7 Å². The van der Waals surface area contributed by atoms with Crippen LogP contribution in [0.4, 0.5) is 24.9 Å². The van der Waals surface area contributed by atoms with E-state index in [-0.39, 0.29) is 23.4 Å². The molecule has 0 amide bonds. The topological polar surface area (TPSA) is 152 Å². The summed E-state index contributed by atoms with van der Waals surface area (Å²) in [5.74, 6) is -0.935. The molecule has 0 saturated carbocycles. The van der Waals surface area contributed by atoms with Gasteiger partial charge in [-0.25, -0.2) is 24.4 Å². The zero-order valence-corrected chi connectivity index (χ0v) is 29.1. The number of alkyl halides is 3. The van der Waals surface area contributed by atoms with Gasteiger partial charge in [-0.1, -0.05) is 43.2 Å². The number of benzene rings is 1. The van der Waals surface area contributed by atoms with Crippen molar-refractivity contribution in [3.8, 4) is 22.8 Å². The highest BCUT2D eigenvalue weighted by Crippen LogP contribution is 2.38. The van der Waals surface area contributed by atoms with Crippen LogP contribution < -0.4 is 14.4 Å². The maximum Gasteiger partial charge on any atom is 0.397 e. The lowest BCUT2D eigenvalue weighted by Gasteiger charge is -2.31. The standard InChI is InChI=1S/C34H40F3N7O5S/c1-32(2,30(45)46)21-43-18-10-6-5-7-12-23-13-8-9-14-24(23)29-25(44-19-17-27(41-44)49-22-33(3,4)34(35,36)37)20-38-31(40-29)42-50(47,48)28-16-11-15-26(43)39-28/h8-9,11,13-17,19-20H,5-7,10,12,18,21-22H2,1-4H3,(H,45,46)(H,38,40,42). The van der Waals surface area contributed by atoms with E-state index < -0.39 is 39.6 Å². The number of nitrogens with zero attached hydrogens (tertiary/aromatic N) is 6. The smallest absolute Gasteiger partial charge is 0.397 e. The molecule has 1 aliphatic heterocycles. The number of nitrogens with one attached hydrogen (secondary N) is 1. The zero-order chi connectivity index (χ0) is 36.3. The number of hydrogen-bond acceptors (Lipinski definition) is 9. The molecule has 3 aromatic heterocycles. The number of sulfonamides is 1. The molecule has 0 radical (unpaired) electrons. The zero-order valence-electron chi connectivity index (χ0n) is 28.2. The second-order valence-electron chi connectivity index (χ2n) is 13.6. The molecule has 0 saturated heterocycles. The van der Waals surface area contributed by atoms with Crippen molar-refractivity contribution in [1.82, 2.24) is 24.7 Å². The number of carboxylic acid groups (broad SMARTS) is 1. The van der Waals surface area contributed by atoms with Crippen molar-refractivity contribution in [2.24, 2.45) is 10.8 Å². The Morgan fingerprint density at radius 3 is 2.46 bits per heavy atom. The van der Waals surface area contributed by atoms with E-state index in [0.717, 1.165) is 45.1 Å². The quantitative estimate of drug-likeness (QED) is 0.216. The van der Waals surface area contributed by atoms with Gasteiger partial charge in [-0.3, -0.25) is 4.79 Å². The van der Waals surface area contributed by atoms with Gasteiger partial charge >= 0.3 is 12.1 Å². The Balaban J connectivity index is 1.54. The predicted octanol–water partition coefficient (Wildman–Crippen LogP) is 6.53. The number of fused-ring (bicyclic) bond motifs is 6. The Bertz CT molecular complexity index is 1950. The fourth-order valence-electron chi connectivity index (χ4n) is 5.31. The fourth-order valence-corrected chi connectivity index (χ4v) is 6.22. The molecule has 1 aromatic carbocycles. The van der Waals surface area contributed by atoms with E-state index in [2.05, 4.69) is 24.8 Å². The molecule has 0 atom stereocenters. The van der Waals surface area contributed by atoms with Crippen molar-refractivity contribution in [3.63, 3.8) is 0 Å². The first-order valence-electron chi connectivity index (χ1n) is 16.2. The van der Waals surface area contributed by atoms with Gasteiger partial charge in [-0.2, -0.15) is 21.6 Å². The van der Waals surface area contributed by atoms with Crippen molar-refractivity contribution < 1.29 is 36.2 Å². The maximum atomic E-state index is 13.7. The third-order valence-electron chi connectivity index (χ3n) is 8.52. The number of anilines is 2. The van der Waals surface area contributed by atoms with Crippen molar-refractivity contribution in [2.45, 2.75) is 71.0 Å². The summed E-state index contributed by atoms with van der Waals surface area (Å²) in [5, 5.41) is 13.8. The number of aryl methyl sites for hydroxylation is 1. The molecule has 268 valence electrons. The van der Waals surface area contributed by atoms with Crippen LogP contribution in [0.1, 0.15) is 58.9 Å². The normalized spacial score (nSPS) is 15.8. The first kappa shape index (κ1) is 36.5. The SMILES string of the molecule is CC(C)(CN1CCCCCCc2ccccc2-c2nc(ncc2-n2ccc(OCC(C)(C)C(F)(F)F)n2)NS(=O)(=O)c2cccc1n2)C(=O)O. The van der Waals surface area contributed by atoms with Gasteiger partial charge < -0.3 is 14.7 Å². The van der Waals surface area contributed by atoms with Crippen molar-refractivity contribution in [3.05, 3.63) is 66.5 Å². The minimum Gasteiger partial charge on any atom is -0.481 e. The minimum absolute atomic E-state index is 0.0383. The average Bonchev–Trinajstić information content (AvgIpc) is 3.53. The van der Waals surface area contributed by atoms with Crippen LogP contribution in [0.5, 0.6) is 5.88 Å². The lowest BCUT2D eigenvalue weighted by molar-refractivity contribution is -0.219. The largest absolute Gasteiger partial charge is 0.481 e. The highest BCUT2D eigenvalue weighted by molar-refractivity contribution is 7.92. The van der Waals surface area contributed by atoms with Crippen LogP contribution in [0.15, 0.2) is 66.0 Å². The van der Waals surface area contributed by atoms with Crippen LogP contribution in [0.25, 0.3) is 16.9 Å². The summed E-state index contributed by atoms with van der Waals surface area (Å²) in [6, 6.07) is 13.5. The second kappa shape index (κ2) is 14.2. The van der Waals surface area contributed by atoms with Crippen LogP contribution in [0.3, 0.4) is 0 Å². The molecule has 16 heteroatoms. The lowest BCUT2D eigenvalue weighted by atomic mass is 9.93. The van der Waals surface area contributed by atoms with Gasteiger partial charge in [0, 0.05) is 30.9 Å². The van der Waals surface area contributed by atoms with Crippen molar-refractivity contribution >= 4 is 27.8 Å². The number of carboxylic acids is 1. The van der Waals surface area contributed by atoms with Gasteiger partial charge in [0.1, 0.15) is 23.8 Å². The molecule has 0 unspecified atom stereocenters. The third-order valence-corrected chi connectivity index (χ3v) is 9.75. The number of halogens is 3. The van der Waals surface area contributed by atoms with Gasteiger partial charge in [-0.15, -0.1) is 5.10 Å². The van der Waals surface area contributed by atoms with E-state index in [1.54, 1.807) is 30.9 Å². The number of aliphatic carboxylic acids is 1. The third kappa shape index (κ3) is 8.34. The summed E-state index contributed by atoms with van der Waals surface area (Å²) in [6.45, 7) is 5.26. The van der Waals surface area contributed by atoms with Gasteiger partial charge in [0.2, 0.25) is 11.8 Å². The van der Waals surface area contributed by atoms with E-state index >= 15 is 0 Å². The highest BCUT2D eigenvalue weighted by atomic mass is 32.2. The summed E-state index contributed by atoms with van der Waals surface area (Å²) in [4.78, 5) is 27.1. The number of carbonyl (C=O) groups is 1. The summed E-state index contributed by atoms with van der Waals surface area (Å²) in [7, 11) is -4.32. The van der Waals surface area contributed by atoms with E-state index in [1.807, 2.05) is 24.3 Å². The minimum atomic E-state index is -4.48. The molecule has 0 aliphatic carbocycles. The molecular formula is C34H40F3N7O5S. The van der Waals surface area contributed by atoms with E-state index in [9.17, 15) is 31.5 Å². The molecule has 5 rings (SSSR count). The number of pyridine rings is 1. The maximum absolute atomic E-state index is 13.7. The molecule has 4 bridgehead atoms. The van der Waals surface area contributed by atoms with E-state index in [4.69, 9.17) is 4.74 Å². The van der Waals surface area contributed by atoms with Crippen LogP contribution in [-0.4, -0.2) is 70.1 Å². The Hall–Kier alpha value is -4.73. The van der Waals surface area contributed by atoms with Gasteiger partial charge in [-0.05, 0) is 64.7 Å². The van der Waals surface area contributed by atoms with Crippen LogP contribution in [0.2, 0.25) is 0 Å². The predicted molar refractivity (Wildman–Crippen MR) is 181 cm³/mol. The van der Waals surface area contributed by atoms with Gasteiger partial charge in [0.05, 0.1) is 17.0 Å².